The summed E-state index contributed by atoms with van der Waals surface area (Å²) in [6.07, 6.45) is 7.27. The van der Waals surface area contributed by atoms with Crippen LogP contribution in [0.4, 0.5) is 5.69 Å². The van der Waals surface area contributed by atoms with Crippen LogP contribution in [0.1, 0.15) is 5.56 Å². The second-order valence-electron chi connectivity index (χ2n) is 5.50. The van der Waals surface area contributed by atoms with Crippen molar-refractivity contribution in [3.05, 3.63) is 73.0 Å². The van der Waals surface area contributed by atoms with Gasteiger partial charge in [0.15, 0.2) is 0 Å². The highest BCUT2D eigenvalue weighted by Gasteiger charge is 2.15. The minimum atomic E-state index is 0.638. The average molecular weight is 312 g/mol. The molecule has 0 saturated heterocycles. The van der Waals surface area contributed by atoms with Crippen LogP contribution in [0.3, 0.4) is 0 Å². The fourth-order valence-electron chi connectivity index (χ4n) is 2.91. The number of nitrogens with two attached hydrogens (primary N) is 1. The Morgan fingerprint density at radius 3 is 2.67 bits per heavy atom. The molecule has 0 amide bonds. The number of H-pyrrole nitrogens is 1. The van der Waals surface area contributed by atoms with Crippen LogP contribution in [0.15, 0.2) is 67.4 Å². The quantitative estimate of drug-likeness (QED) is 0.430. The van der Waals surface area contributed by atoms with Gasteiger partial charge in [-0.15, -0.1) is 0 Å². The first-order valence-corrected chi connectivity index (χ1v) is 7.70. The summed E-state index contributed by atoms with van der Waals surface area (Å²) in [5.74, 6) is 0.814. The predicted octanol–water partition coefficient (Wildman–Crippen LogP) is 4.56. The van der Waals surface area contributed by atoms with E-state index in [0.29, 0.717) is 5.69 Å². The van der Waals surface area contributed by atoms with Gasteiger partial charge in [0, 0.05) is 22.7 Å². The fourth-order valence-corrected chi connectivity index (χ4v) is 2.91. The Bertz CT molecular complexity index is 1080. The Kier molecular flexibility index (Phi) is 3.35. The topological polar surface area (TPSA) is 67.6 Å². The number of nitrogens with one attached hydrogen (secondary N) is 1. The summed E-state index contributed by atoms with van der Waals surface area (Å²) in [6.45, 7) is 3.73. The zero-order valence-electron chi connectivity index (χ0n) is 13.0. The largest absolute Gasteiger partial charge is 0.396 e. The molecular weight excluding hydrogens is 296 g/mol. The highest BCUT2D eigenvalue weighted by atomic mass is 14.9. The standard InChI is InChI=1S/C20H16N4/c1-2-3-10-14-16(21)17-15(11-7-12-22-17)19-18(14)23-20(24-19)13-8-5-4-6-9-13/h2-12H,1,21H2,(H,23,24)/b10-3-. The molecule has 0 atom stereocenters. The van der Waals surface area contributed by atoms with Crippen LogP contribution in [0.5, 0.6) is 0 Å². The number of anilines is 1. The number of nitrogen functional groups attached to an aromatic ring is 1. The van der Waals surface area contributed by atoms with Crippen LogP contribution >= 0.6 is 0 Å². The van der Waals surface area contributed by atoms with E-state index in [-0.39, 0.29) is 0 Å². The Hall–Kier alpha value is -3.40. The van der Waals surface area contributed by atoms with Crippen molar-refractivity contribution in [1.29, 1.82) is 0 Å². The lowest BCUT2D eigenvalue weighted by Crippen LogP contribution is -1.95. The summed E-state index contributed by atoms with van der Waals surface area (Å²) in [4.78, 5) is 12.7. The molecule has 4 rings (SSSR count). The van der Waals surface area contributed by atoms with Crippen LogP contribution in [-0.4, -0.2) is 15.0 Å². The molecule has 4 heteroatoms. The maximum absolute atomic E-state index is 6.38. The van der Waals surface area contributed by atoms with Gasteiger partial charge in [0.2, 0.25) is 0 Å². The molecule has 2 aromatic heterocycles. The van der Waals surface area contributed by atoms with Crippen LogP contribution in [0, 0.1) is 0 Å². The second kappa shape index (κ2) is 5.66. The first-order chi connectivity index (χ1) is 11.8. The molecule has 0 unspecified atom stereocenters. The highest BCUT2D eigenvalue weighted by Crippen LogP contribution is 2.34. The van der Waals surface area contributed by atoms with E-state index in [2.05, 4.69) is 16.5 Å². The van der Waals surface area contributed by atoms with Gasteiger partial charge in [0.25, 0.3) is 0 Å². The molecule has 116 valence electrons. The van der Waals surface area contributed by atoms with Crippen LogP contribution in [0.2, 0.25) is 0 Å². The van der Waals surface area contributed by atoms with E-state index in [9.17, 15) is 0 Å². The summed E-state index contributed by atoms with van der Waals surface area (Å²) in [5, 5.41) is 0.944. The van der Waals surface area contributed by atoms with E-state index in [1.54, 1.807) is 12.3 Å². The fraction of sp³-hybridized carbons (Fsp3) is 0. The molecular formula is C20H16N4. The van der Waals surface area contributed by atoms with E-state index >= 15 is 0 Å². The van der Waals surface area contributed by atoms with Crippen molar-refractivity contribution in [2.75, 3.05) is 5.73 Å². The van der Waals surface area contributed by atoms with Gasteiger partial charge in [-0.3, -0.25) is 4.98 Å². The maximum Gasteiger partial charge on any atom is 0.138 e. The first kappa shape index (κ1) is 14.2. The van der Waals surface area contributed by atoms with Crippen molar-refractivity contribution in [1.82, 2.24) is 15.0 Å². The number of aromatic nitrogens is 3. The zero-order valence-corrected chi connectivity index (χ0v) is 13.0. The molecule has 0 fully saturated rings. The van der Waals surface area contributed by atoms with Gasteiger partial charge in [0.1, 0.15) is 5.82 Å². The molecule has 4 aromatic rings. The number of hydrogen-bond acceptors (Lipinski definition) is 3. The Labute approximate surface area is 139 Å². The van der Waals surface area contributed by atoms with Gasteiger partial charge in [-0.1, -0.05) is 55.1 Å². The lowest BCUT2D eigenvalue weighted by atomic mass is 10.1. The van der Waals surface area contributed by atoms with E-state index < -0.39 is 0 Å². The van der Waals surface area contributed by atoms with Crippen LogP contribution in [0.25, 0.3) is 39.4 Å². The van der Waals surface area contributed by atoms with Crippen LogP contribution < -0.4 is 5.73 Å². The molecule has 2 heterocycles. The van der Waals surface area contributed by atoms with E-state index in [0.717, 1.165) is 38.9 Å². The Morgan fingerprint density at radius 1 is 1.04 bits per heavy atom. The third-order valence-corrected chi connectivity index (χ3v) is 4.03. The number of hydrogen-bond donors (Lipinski definition) is 2. The van der Waals surface area contributed by atoms with Crippen molar-refractivity contribution >= 4 is 33.7 Å². The molecule has 0 radical (unpaired) electrons. The van der Waals surface area contributed by atoms with Gasteiger partial charge in [-0.25, -0.2) is 4.98 Å². The Morgan fingerprint density at radius 2 is 1.88 bits per heavy atom. The van der Waals surface area contributed by atoms with Gasteiger partial charge >= 0.3 is 0 Å². The van der Waals surface area contributed by atoms with Gasteiger partial charge in [-0.05, 0) is 12.1 Å². The lowest BCUT2D eigenvalue weighted by Gasteiger charge is -2.06. The van der Waals surface area contributed by atoms with Crippen molar-refractivity contribution in [3.8, 4) is 11.4 Å². The SMILES string of the molecule is C=C/C=C\c1c(N)c2ncccc2c2nc(-c3ccccc3)[nH]c12. The number of aromatic amines is 1. The molecule has 0 aliphatic rings. The maximum atomic E-state index is 6.38. The predicted molar refractivity (Wildman–Crippen MR) is 100 cm³/mol. The minimum absolute atomic E-state index is 0.638. The molecule has 3 N–H and O–H groups in total. The summed E-state index contributed by atoms with van der Waals surface area (Å²) < 4.78 is 0. The third kappa shape index (κ3) is 2.16. The van der Waals surface area contributed by atoms with E-state index in [4.69, 9.17) is 10.7 Å². The molecule has 0 aliphatic heterocycles. The van der Waals surface area contributed by atoms with Gasteiger partial charge in [-0.2, -0.15) is 0 Å². The van der Waals surface area contributed by atoms with E-state index in [1.807, 2.05) is 54.6 Å². The van der Waals surface area contributed by atoms with Gasteiger partial charge in [0.05, 0.1) is 22.2 Å². The number of imidazole rings is 1. The molecule has 2 aromatic carbocycles. The molecule has 0 spiro atoms. The summed E-state index contributed by atoms with van der Waals surface area (Å²) >= 11 is 0. The number of rotatable bonds is 3. The average Bonchev–Trinajstić information content (AvgIpc) is 3.08. The van der Waals surface area contributed by atoms with Crippen LogP contribution in [-0.2, 0) is 0 Å². The molecule has 0 aliphatic carbocycles. The second-order valence-corrected chi connectivity index (χ2v) is 5.50. The van der Waals surface area contributed by atoms with Crippen molar-refractivity contribution < 1.29 is 0 Å². The normalized spacial score (nSPS) is 11.5. The van der Waals surface area contributed by atoms with E-state index in [1.165, 1.54) is 0 Å². The first-order valence-electron chi connectivity index (χ1n) is 7.70. The van der Waals surface area contributed by atoms with Crippen molar-refractivity contribution in [2.24, 2.45) is 0 Å². The summed E-state index contributed by atoms with van der Waals surface area (Å²) in [6, 6.07) is 13.9. The summed E-state index contributed by atoms with van der Waals surface area (Å²) in [7, 11) is 0. The van der Waals surface area contributed by atoms with Gasteiger partial charge < -0.3 is 10.7 Å². The number of benzene rings is 2. The zero-order chi connectivity index (χ0) is 16.5. The Balaban J connectivity index is 2.11. The van der Waals surface area contributed by atoms with Crippen molar-refractivity contribution in [2.45, 2.75) is 0 Å². The monoisotopic (exact) mass is 312 g/mol. The molecule has 4 nitrogen and oxygen atoms in total. The number of fused-ring (bicyclic) bond motifs is 3. The van der Waals surface area contributed by atoms with Crippen molar-refractivity contribution in [3.63, 3.8) is 0 Å². The molecule has 24 heavy (non-hydrogen) atoms. The molecule has 0 bridgehead atoms. The highest BCUT2D eigenvalue weighted by molar-refractivity contribution is 6.13. The number of allylic oxidation sites excluding steroid dienone is 2. The minimum Gasteiger partial charge on any atom is -0.396 e. The number of pyridine rings is 1. The lowest BCUT2D eigenvalue weighted by molar-refractivity contribution is 1.34. The summed E-state index contributed by atoms with van der Waals surface area (Å²) in [5.41, 5.74) is 11.5. The third-order valence-electron chi connectivity index (χ3n) is 4.03. The molecule has 0 saturated carbocycles. The number of nitrogens with zero attached hydrogens (tertiary/aromatic N) is 2. The smallest absolute Gasteiger partial charge is 0.138 e.